The zero-order valence-corrected chi connectivity index (χ0v) is 23.0. The monoisotopic (exact) mass is 623 g/mol. The summed E-state index contributed by atoms with van der Waals surface area (Å²) in [7, 11) is -2.88. The first-order valence-electron chi connectivity index (χ1n) is 11.3. The average Bonchev–Trinajstić information content (AvgIpc) is 2.83. The molecule has 2 heterocycles. The molecular formula is C22H21Cl2F2N5O8S. The van der Waals surface area contributed by atoms with E-state index in [4.69, 9.17) is 37.4 Å². The van der Waals surface area contributed by atoms with Gasteiger partial charge in [0, 0.05) is 18.7 Å². The third-order valence-corrected chi connectivity index (χ3v) is 7.90. The molecule has 1 saturated carbocycles. The predicted molar refractivity (Wildman–Crippen MR) is 136 cm³/mol. The summed E-state index contributed by atoms with van der Waals surface area (Å²) >= 11 is 12.6. The molecule has 0 aliphatic heterocycles. The van der Waals surface area contributed by atoms with Gasteiger partial charge in [0.25, 0.3) is 12.0 Å². The molecule has 0 amide bonds. The van der Waals surface area contributed by atoms with E-state index in [1.807, 2.05) is 0 Å². The predicted octanol–water partition coefficient (Wildman–Crippen LogP) is 2.53. The fraction of sp³-hybridized carbons (Fsp3) is 0.364. The van der Waals surface area contributed by atoms with E-state index in [9.17, 15) is 31.9 Å². The summed E-state index contributed by atoms with van der Waals surface area (Å²) in [5.41, 5.74) is -4.73. The molecule has 0 saturated heterocycles. The lowest BCUT2D eigenvalue weighted by Crippen LogP contribution is -2.57. The Bertz CT molecular complexity index is 1640. The molecule has 0 bridgehead atoms. The summed E-state index contributed by atoms with van der Waals surface area (Å²) in [6, 6.07) is 3.25. The molecule has 1 aliphatic carbocycles. The summed E-state index contributed by atoms with van der Waals surface area (Å²) < 4.78 is 71.5. The van der Waals surface area contributed by atoms with Crippen LogP contribution >= 0.6 is 23.2 Å². The number of aliphatic hydroxyl groups is 1. The van der Waals surface area contributed by atoms with Crippen molar-refractivity contribution in [3.63, 3.8) is 0 Å². The highest BCUT2D eigenvalue weighted by atomic mass is 35.5. The molecule has 0 unspecified atom stereocenters. The van der Waals surface area contributed by atoms with Crippen molar-refractivity contribution in [2.24, 2.45) is 0 Å². The fourth-order valence-corrected chi connectivity index (χ4v) is 6.06. The van der Waals surface area contributed by atoms with Crippen LogP contribution in [0.1, 0.15) is 31.9 Å². The maximum Gasteiger partial charge on any atom is 0.349 e. The maximum atomic E-state index is 13.2. The molecule has 0 atom stereocenters. The van der Waals surface area contributed by atoms with Gasteiger partial charge in [0.1, 0.15) is 4.90 Å². The van der Waals surface area contributed by atoms with Gasteiger partial charge in [-0.2, -0.15) is 9.78 Å². The van der Waals surface area contributed by atoms with Gasteiger partial charge in [-0.25, -0.2) is 31.7 Å². The third-order valence-electron chi connectivity index (χ3n) is 5.68. The van der Waals surface area contributed by atoms with Gasteiger partial charge in [-0.1, -0.05) is 23.2 Å². The van der Waals surface area contributed by atoms with Crippen LogP contribution in [0.2, 0.25) is 10.0 Å². The number of aliphatic hydroxyl groups excluding tert-OH is 1. The van der Waals surface area contributed by atoms with Crippen molar-refractivity contribution in [3.05, 3.63) is 61.0 Å². The number of nitrogens with zero attached hydrogens (tertiary/aromatic N) is 3. The lowest BCUT2D eigenvalue weighted by atomic mass is 9.77. The molecule has 2 aromatic heterocycles. The summed E-state index contributed by atoms with van der Waals surface area (Å²) in [6.07, 6.45) is -2.41. The number of benzene rings is 1. The summed E-state index contributed by atoms with van der Waals surface area (Å²) in [5.74, 6) is -0.655. The number of H-pyrrole nitrogens is 1. The average molecular weight is 624 g/mol. The SMILES string of the molecule is COCOc1cnc(Oc2c(Cl)cc(-n3nc(C(F)F)c(=O)[nH]c3=O)cc2Cl)cc1S(=O)(=O)NC1(C)CC(O)C1. The molecule has 18 heteroatoms. The van der Waals surface area contributed by atoms with Gasteiger partial charge in [0.05, 0.1) is 28.0 Å². The van der Waals surface area contributed by atoms with Crippen molar-refractivity contribution in [1.82, 2.24) is 24.5 Å². The van der Waals surface area contributed by atoms with E-state index in [-0.39, 0.29) is 57.6 Å². The molecule has 0 radical (unpaired) electrons. The number of hydrogen-bond acceptors (Lipinski definition) is 10. The molecule has 3 aromatic rings. The number of aromatic amines is 1. The van der Waals surface area contributed by atoms with E-state index in [2.05, 4.69) is 14.8 Å². The largest absolute Gasteiger partial charge is 0.465 e. The van der Waals surface area contributed by atoms with Crippen LogP contribution in [0.4, 0.5) is 8.78 Å². The van der Waals surface area contributed by atoms with Crippen LogP contribution in [0.3, 0.4) is 0 Å². The molecule has 4 rings (SSSR count). The van der Waals surface area contributed by atoms with E-state index in [1.165, 1.54) is 7.11 Å². The lowest BCUT2D eigenvalue weighted by molar-refractivity contribution is 0.0237. The van der Waals surface area contributed by atoms with Crippen molar-refractivity contribution in [2.75, 3.05) is 13.9 Å². The van der Waals surface area contributed by atoms with Crippen LogP contribution in [-0.4, -0.2) is 58.8 Å². The molecule has 0 spiro atoms. The number of aromatic nitrogens is 4. The topological polar surface area (TPSA) is 175 Å². The molecule has 1 aromatic carbocycles. The van der Waals surface area contributed by atoms with Gasteiger partial charge in [0.15, 0.2) is 24.0 Å². The summed E-state index contributed by atoms with van der Waals surface area (Å²) in [5, 5.41) is 12.5. The number of hydrogen-bond donors (Lipinski definition) is 3. The molecule has 216 valence electrons. The van der Waals surface area contributed by atoms with Crippen molar-refractivity contribution in [2.45, 2.75) is 42.7 Å². The number of halogens is 4. The quantitative estimate of drug-likeness (QED) is 0.285. The van der Waals surface area contributed by atoms with E-state index in [1.54, 1.807) is 11.9 Å². The van der Waals surface area contributed by atoms with E-state index >= 15 is 0 Å². The van der Waals surface area contributed by atoms with Crippen LogP contribution < -0.4 is 25.4 Å². The second-order valence-corrected chi connectivity index (χ2v) is 11.4. The van der Waals surface area contributed by atoms with Gasteiger partial charge in [-0.05, 0) is 31.9 Å². The van der Waals surface area contributed by atoms with Gasteiger partial charge in [-0.15, -0.1) is 0 Å². The van der Waals surface area contributed by atoms with Crippen LogP contribution in [-0.2, 0) is 14.8 Å². The summed E-state index contributed by atoms with van der Waals surface area (Å²) in [6.45, 7) is 1.35. The number of pyridine rings is 1. The Morgan fingerprint density at radius 1 is 1.25 bits per heavy atom. The van der Waals surface area contributed by atoms with Crippen LogP contribution in [0.5, 0.6) is 17.4 Å². The maximum absolute atomic E-state index is 13.2. The van der Waals surface area contributed by atoms with Gasteiger partial charge in [-0.3, -0.25) is 9.78 Å². The smallest absolute Gasteiger partial charge is 0.349 e. The zero-order chi connectivity index (χ0) is 29.4. The van der Waals surface area contributed by atoms with Crippen LogP contribution in [0, 0.1) is 0 Å². The number of rotatable bonds is 10. The normalized spacial score (nSPS) is 18.9. The highest BCUT2D eigenvalue weighted by Gasteiger charge is 2.43. The number of methoxy groups -OCH3 is 1. The number of nitrogens with one attached hydrogen (secondary N) is 2. The van der Waals surface area contributed by atoms with Crippen LogP contribution in [0.15, 0.2) is 38.9 Å². The second kappa shape index (κ2) is 11.4. The van der Waals surface area contributed by atoms with Gasteiger partial charge in [0.2, 0.25) is 15.9 Å². The number of sulfonamides is 1. The van der Waals surface area contributed by atoms with E-state index in [0.717, 1.165) is 24.4 Å². The van der Waals surface area contributed by atoms with Gasteiger partial charge < -0.3 is 19.3 Å². The molecule has 13 nitrogen and oxygen atoms in total. The number of alkyl halides is 2. The van der Waals surface area contributed by atoms with Crippen molar-refractivity contribution < 1.29 is 36.5 Å². The van der Waals surface area contributed by atoms with E-state index < -0.39 is 45.0 Å². The first-order chi connectivity index (χ1) is 18.7. The van der Waals surface area contributed by atoms with Crippen molar-refractivity contribution in [3.8, 4) is 23.1 Å². The lowest BCUT2D eigenvalue weighted by Gasteiger charge is -2.42. The first-order valence-corrected chi connectivity index (χ1v) is 13.5. The Labute approximate surface area is 234 Å². The van der Waals surface area contributed by atoms with Gasteiger partial charge >= 0.3 is 5.69 Å². The Hall–Kier alpha value is -3.15. The van der Waals surface area contributed by atoms with E-state index in [0.29, 0.717) is 4.68 Å². The Morgan fingerprint density at radius 3 is 2.48 bits per heavy atom. The zero-order valence-electron chi connectivity index (χ0n) is 20.7. The molecule has 3 N–H and O–H groups in total. The Morgan fingerprint density at radius 2 is 1.90 bits per heavy atom. The first kappa shape index (κ1) is 29.8. The Balaban J connectivity index is 1.69. The van der Waals surface area contributed by atoms with Crippen molar-refractivity contribution in [1.29, 1.82) is 0 Å². The molecular weight excluding hydrogens is 603 g/mol. The second-order valence-electron chi connectivity index (χ2n) is 8.95. The molecule has 1 fully saturated rings. The minimum atomic E-state index is -4.22. The summed E-state index contributed by atoms with van der Waals surface area (Å²) in [4.78, 5) is 29.1. The highest BCUT2D eigenvalue weighted by Crippen LogP contribution is 2.39. The fourth-order valence-electron chi connectivity index (χ4n) is 3.95. The standard InChI is InChI=1S/C22H21Cl2F2N5O8S/c1-22(6-11(32)7-22)30-40(35,36)15-5-16(27-8-14(15)38-9-37-2)39-18-12(23)3-10(4-13(18)24)31-21(34)28-20(33)17(29-31)19(25)26/h3-5,8,11,19,30,32H,6-7,9H2,1-2H3,(H,28,33,34). The third kappa shape index (κ3) is 6.26. The molecule has 40 heavy (non-hydrogen) atoms. The minimum Gasteiger partial charge on any atom is -0.465 e. The van der Waals surface area contributed by atoms with Crippen LogP contribution in [0.25, 0.3) is 5.69 Å². The minimum absolute atomic E-state index is 0.156. The highest BCUT2D eigenvalue weighted by molar-refractivity contribution is 7.89. The Kier molecular flexibility index (Phi) is 8.49. The van der Waals surface area contributed by atoms with Crippen molar-refractivity contribution >= 4 is 33.2 Å². The molecule has 1 aliphatic rings. The number of ether oxygens (including phenoxy) is 3.